The van der Waals surface area contributed by atoms with Gasteiger partial charge in [-0.05, 0) is 61.0 Å². The Kier molecular flexibility index (Phi) is 9.56. The van der Waals surface area contributed by atoms with Crippen LogP contribution in [-0.2, 0) is 16.1 Å². The molecule has 6 N–H and O–H groups in total. The second-order valence-corrected chi connectivity index (χ2v) is 8.15. The molecule has 3 rings (SSSR count). The summed E-state index contributed by atoms with van der Waals surface area (Å²) in [6.45, 7) is 2.33. The van der Waals surface area contributed by atoms with E-state index in [1.807, 2.05) is 12.1 Å². The predicted octanol–water partition coefficient (Wildman–Crippen LogP) is 4.28. The lowest BCUT2D eigenvalue weighted by Gasteiger charge is -2.18. The van der Waals surface area contributed by atoms with E-state index in [0.29, 0.717) is 45.5 Å². The molecule has 3 aromatic rings. The van der Waals surface area contributed by atoms with Gasteiger partial charge in [0.2, 0.25) is 0 Å². The van der Waals surface area contributed by atoms with Crippen LogP contribution in [0.15, 0.2) is 65.8 Å². The average Bonchev–Trinajstić information content (AvgIpc) is 2.91. The molecule has 0 heterocycles. The number of rotatable bonds is 11. The standard InChI is InChI=1S/C26H28ClN5O5/c1-3-37-23(33)15-30-24-17(5-4-6-22(24)36-2)14-29-21-12-9-18(27)13-20(21)26(34)31-19-10-7-16(8-11-19)25(28)32-35/h4-13,29-30,35H,3,14-15H2,1-2H3,(H2,28,32)(H,31,34). The zero-order valence-corrected chi connectivity index (χ0v) is 21.1. The van der Waals surface area contributed by atoms with Gasteiger partial charge in [0.1, 0.15) is 12.3 Å². The van der Waals surface area contributed by atoms with Crippen molar-refractivity contribution in [2.45, 2.75) is 13.5 Å². The predicted molar refractivity (Wildman–Crippen MR) is 144 cm³/mol. The zero-order chi connectivity index (χ0) is 26.8. The van der Waals surface area contributed by atoms with Crippen molar-refractivity contribution in [2.75, 3.05) is 36.2 Å². The van der Waals surface area contributed by atoms with Gasteiger partial charge in [-0.1, -0.05) is 28.9 Å². The van der Waals surface area contributed by atoms with E-state index in [0.717, 1.165) is 5.56 Å². The van der Waals surface area contributed by atoms with Crippen LogP contribution in [0.1, 0.15) is 28.4 Å². The number of hydrogen-bond acceptors (Lipinski definition) is 8. The molecule has 3 aromatic carbocycles. The number of nitrogens with two attached hydrogens (primary N) is 1. The highest BCUT2D eigenvalue weighted by Gasteiger charge is 2.15. The first-order valence-electron chi connectivity index (χ1n) is 11.3. The normalized spacial score (nSPS) is 10.9. The second-order valence-electron chi connectivity index (χ2n) is 7.71. The Balaban J connectivity index is 1.78. The van der Waals surface area contributed by atoms with E-state index in [2.05, 4.69) is 21.1 Å². The summed E-state index contributed by atoms with van der Waals surface area (Å²) >= 11 is 6.19. The van der Waals surface area contributed by atoms with Gasteiger partial charge in [-0.15, -0.1) is 0 Å². The SMILES string of the molecule is CCOC(=O)CNc1c(CNc2ccc(Cl)cc2C(=O)Nc2ccc(/C(N)=N/O)cc2)cccc1OC. The van der Waals surface area contributed by atoms with Gasteiger partial charge in [0.25, 0.3) is 5.91 Å². The van der Waals surface area contributed by atoms with Crippen LogP contribution in [0.2, 0.25) is 5.02 Å². The molecule has 0 spiro atoms. The van der Waals surface area contributed by atoms with E-state index in [1.54, 1.807) is 62.6 Å². The summed E-state index contributed by atoms with van der Waals surface area (Å²) in [5.41, 5.74) is 8.94. The lowest BCUT2D eigenvalue weighted by Crippen LogP contribution is -2.19. The maximum atomic E-state index is 13.1. The van der Waals surface area contributed by atoms with Gasteiger partial charge in [-0.25, -0.2) is 0 Å². The van der Waals surface area contributed by atoms with Gasteiger partial charge in [-0.3, -0.25) is 9.59 Å². The molecular formula is C26H28ClN5O5. The molecule has 1 amide bonds. The van der Waals surface area contributed by atoms with Crippen molar-refractivity contribution in [3.63, 3.8) is 0 Å². The van der Waals surface area contributed by atoms with E-state index in [1.165, 1.54) is 0 Å². The summed E-state index contributed by atoms with van der Waals surface area (Å²) in [6.07, 6.45) is 0. The Morgan fingerprint density at radius 3 is 2.51 bits per heavy atom. The highest BCUT2D eigenvalue weighted by molar-refractivity contribution is 6.31. The monoisotopic (exact) mass is 525 g/mol. The molecule has 37 heavy (non-hydrogen) atoms. The van der Waals surface area contributed by atoms with Gasteiger partial charge in [0.15, 0.2) is 5.84 Å². The minimum Gasteiger partial charge on any atom is -0.495 e. The summed E-state index contributed by atoms with van der Waals surface area (Å²) in [5.74, 6) is -0.239. The van der Waals surface area contributed by atoms with Crippen LogP contribution < -0.4 is 26.4 Å². The number of ether oxygens (including phenoxy) is 2. The third kappa shape index (κ3) is 7.28. The molecular weight excluding hydrogens is 498 g/mol. The van der Waals surface area contributed by atoms with E-state index in [-0.39, 0.29) is 30.9 Å². The minimum atomic E-state index is -0.386. The average molecular weight is 526 g/mol. The van der Waals surface area contributed by atoms with Gasteiger partial charge in [0, 0.05) is 28.5 Å². The van der Waals surface area contributed by atoms with Crippen LogP contribution in [0, 0.1) is 0 Å². The third-order valence-corrected chi connectivity index (χ3v) is 5.52. The summed E-state index contributed by atoms with van der Waals surface area (Å²) < 4.78 is 10.4. The first-order chi connectivity index (χ1) is 17.9. The Hall–Kier alpha value is -4.44. The number of esters is 1. The summed E-state index contributed by atoms with van der Waals surface area (Å²) in [6, 6.07) is 17.0. The molecule has 0 bridgehead atoms. The number of para-hydroxylation sites is 1. The van der Waals surface area contributed by atoms with Crippen molar-refractivity contribution in [2.24, 2.45) is 10.9 Å². The van der Waals surface area contributed by atoms with Crippen LogP contribution >= 0.6 is 11.6 Å². The molecule has 11 heteroatoms. The maximum absolute atomic E-state index is 13.1. The smallest absolute Gasteiger partial charge is 0.325 e. The number of hydrogen-bond donors (Lipinski definition) is 5. The lowest BCUT2D eigenvalue weighted by molar-refractivity contribution is -0.140. The van der Waals surface area contributed by atoms with Gasteiger partial charge in [0.05, 0.1) is 25.0 Å². The molecule has 0 aliphatic carbocycles. The number of benzene rings is 3. The van der Waals surface area contributed by atoms with E-state index < -0.39 is 0 Å². The fourth-order valence-electron chi connectivity index (χ4n) is 3.50. The topological polar surface area (TPSA) is 147 Å². The highest BCUT2D eigenvalue weighted by Crippen LogP contribution is 2.30. The highest BCUT2D eigenvalue weighted by atomic mass is 35.5. The Morgan fingerprint density at radius 2 is 1.84 bits per heavy atom. The van der Waals surface area contributed by atoms with Crippen molar-refractivity contribution in [3.8, 4) is 5.75 Å². The molecule has 0 saturated heterocycles. The molecule has 194 valence electrons. The molecule has 0 saturated carbocycles. The maximum Gasteiger partial charge on any atom is 0.325 e. The Morgan fingerprint density at radius 1 is 1.08 bits per heavy atom. The number of nitrogens with one attached hydrogen (secondary N) is 3. The lowest BCUT2D eigenvalue weighted by atomic mass is 10.1. The minimum absolute atomic E-state index is 0.0234. The van der Waals surface area contributed by atoms with Crippen molar-refractivity contribution >= 4 is 46.4 Å². The molecule has 0 aromatic heterocycles. The quantitative estimate of drug-likeness (QED) is 0.0819. The molecule has 0 radical (unpaired) electrons. The third-order valence-electron chi connectivity index (χ3n) is 5.29. The summed E-state index contributed by atoms with van der Waals surface area (Å²) in [4.78, 5) is 25.0. The van der Waals surface area contributed by atoms with Crippen LogP contribution in [0.5, 0.6) is 5.75 Å². The van der Waals surface area contributed by atoms with Crippen LogP contribution in [-0.4, -0.2) is 43.2 Å². The number of amidine groups is 1. The fourth-order valence-corrected chi connectivity index (χ4v) is 3.67. The molecule has 0 fully saturated rings. The first kappa shape index (κ1) is 27.2. The fraction of sp³-hybridized carbons (Fsp3) is 0.192. The molecule has 0 unspecified atom stereocenters. The van der Waals surface area contributed by atoms with Gasteiger partial charge < -0.3 is 36.4 Å². The first-order valence-corrected chi connectivity index (χ1v) is 11.7. The van der Waals surface area contributed by atoms with Crippen molar-refractivity contribution in [1.82, 2.24) is 0 Å². The number of oxime groups is 1. The number of nitrogens with zero attached hydrogens (tertiary/aromatic N) is 1. The number of anilines is 3. The molecule has 0 aliphatic heterocycles. The van der Waals surface area contributed by atoms with Crippen LogP contribution in [0.25, 0.3) is 0 Å². The number of halogens is 1. The van der Waals surface area contributed by atoms with E-state index in [4.69, 9.17) is 32.0 Å². The van der Waals surface area contributed by atoms with Crippen molar-refractivity contribution in [3.05, 3.63) is 82.4 Å². The van der Waals surface area contributed by atoms with E-state index >= 15 is 0 Å². The number of methoxy groups -OCH3 is 1. The summed E-state index contributed by atoms with van der Waals surface area (Å²) in [7, 11) is 1.54. The molecule has 0 atom stereocenters. The Labute approximate surface area is 219 Å². The number of carbonyl (C=O) groups excluding carboxylic acids is 2. The number of amides is 1. The van der Waals surface area contributed by atoms with Crippen LogP contribution in [0.4, 0.5) is 17.1 Å². The molecule has 10 nitrogen and oxygen atoms in total. The number of carbonyl (C=O) groups is 2. The van der Waals surface area contributed by atoms with E-state index in [9.17, 15) is 9.59 Å². The van der Waals surface area contributed by atoms with Crippen LogP contribution in [0.3, 0.4) is 0 Å². The van der Waals surface area contributed by atoms with Gasteiger partial charge in [-0.2, -0.15) is 0 Å². The van der Waals surface area contributed by atoms with Gasteiger partial charge >= 0.3 is 5.97 Å². The summed E-state index contributed by atoms with van der Waals surface area (Å²) in [5, 5.41) is 21.3. The molecule has 0 aliphatic rings. The van der Waals surface area contributed by atoms with Crippen molar-refractivity contribution in [1.29, 1.82) is 0 Å². The zero-order valence-electron chi connectivity index (χ0n) is 20.4. The van der Waals surface area contributed by atoms with Crippen molar-refractivity contribution < 1.29 is 24.3 Å². The Bertz CT molecular complexity index is 1280. The largest absolute Gasteiger partial charge is 0.495 e. The second kappa shape index (κ2) is 13.0.